The molecular formula is C3H3BrI2O. The molecule has 0 spiro atoms. The van der Waals surface area contributed by atoms with Gasteiger partial charge in [-0.1, -0.05) is 38.5 Å². The van der Waals surface area contributed by atoms with Crippen molar-refractivity contribution in [1.29, 1.82) is 0 Å². The zero-order valence-electron chi connectivity index (χ0n) is 3.24. The molecule has 0 aliphatic heterocycles. The van der Waals surface area contributed by atoms with Crippen molar-refractivity contribution in [2.75, 3.05) is 0 Å². The first kappa shape index (κ1) is 8.64. The van der Waals surface area contributed by atoms with Crippen molar-refractivity contribution in [1.82, 2.24) is 0 Å². The van der Waals surface area contributed by atoms with E-state index >= 15 is 0 Å². The maximum atomic E-state index is 8.66. The van der Waals surface area contributed by atoms with Crippen LogP contribution < -0.4 is 0 Å². The van der Waals surface area contributed by atoms with Gasteiger partial charge in [0, 0.05) is 3.58 Å². The molecule has 42 valence electrons. The smallest absolute Gasteiger partial charge is 0.140 e. The number of halogens is 3. The maximum Gasteiger partial charge on any atom is 0.140 e. The molecule has 0 saturated carbocycles. The molecule has 4 heteroatoms. The summed E-state index contributed by atoms with van der Waals surface area (Å²) >= 11 is 7.10. The Morgan fingerprint density at radius 3 is 2.29 bits per heavy atom. The van der Waals surface area contributed by atoms with Crippen LogP contribution in [0.2, 0.25) is 0 Å². The minimum atomic E-state index is -0.481. The first-order valence-corrected chi connectivity index (χ1v) is 4.70. The highest BCUT2D eigenvalue weighted by Crippen LogP contribution is 2.17. The summed E-state index contributed by atoms with van der Waals surface area (Å²) in [5.74, 6) is 0. The van der Waals surface area contributed by atoms with Crippen molar-refractivity contribution < 1.29 is 5.11 Å². The summed E-state index contributed by atoms with van der Waals surface area (Å²) in [5, 5.41) is 8.18. The molecule has 0 rings (SSSR count). The van der Waals surface area contributed by atoms with Crippen LogP contribution in [0.3, 0.4) is 0 Å². The van der Waals surface area contributed by atoms with E-state index < -0.39 is 5.01 Å². The number of hydrogen-bond acceptors (Lipinski definition) is 1. The molecule has 0 aromatic rings. The molecule has 0 radical (unpaired) electrons. The second-order valence-electron chi connectivity index (χ2n) is 0.830. The Hall–Kier alpha value is 1.64. The van der Waals surface area contributed by atoms with Crippen molar-refractivity contribution >= 4 is 61.1 Å². The number of hydrogen-bond donors (Lipinski definition) is 1. The highest BCUT2D eigenvalue weighted by molar-refractivity contribution is 14.1. The maximum absolute atomic E-state index is 8.66. The van der Waals surface area contributed by atoms with E-state index in [0.29, 0.717) is 0 Å². The Kier molecular flexibility index (Phi) is 5.57. The number of aliphatic hydroxyl groups is 1. The lowest BCUT2D eigenvalue weighted by molar-refractivity contribution is 0.315. The fourth-order valence-electron chi connectivity index (χ4n) is 0.0520. The quantitative estimate of drug-likeness (QED) is 0.540. The Balaban J connectivity index is 3.56. The molecular weight excluding hydrogens is 386 g/mol. The highest BCUT2D eigenvalue weighted by Gasteiger charge is 1.97. The monoisotopic (exact) mass is 388 g/mol. The van der Waals surface area contributed by atoms with Crippen molar-refractivity contribution in [2.24, 2.45) is 0 Å². The molecule has 1 unspecified atom stereocenters. The topological polar surface area (TPSA) is 20.2 Å². The van der Waals surface area contributed by atoms with Crippen LogP contribution in [0.15, 0.2) is 7.66 Å². The summed E-state index contributed by atoms with van der Waals surface area (Å²) in [6.45, 7) is 0. The average molecular weight is 389 g/mol. The highest BCUT2D eigenvalue weighted by atomic mass is 127. The van der Waals surface area contributed by atoms with Gasteiger partial charge in [0.15, 0.2) is 0 Å². The van der Waals surface area contributed by atoms with Crippen LogP contribution in [0, 0.1) is 0 Å². The van der Waals surface area contributed by atoms with Crippen LogP contribution in [0.1, 0.15) is 0 Å². The van der Waals surface area contributed by atoms with Crippen molar-refractivity contribution in [2.45, 2.75) is 5.01 Å². The summed E-state index contributed by atoms with van der Waals surface area (Å²) in [4.78, 5) is 0. The molecule has 1 atom stereocenters. The van der Waals surface area contributed by atoms with Crippen molar-refractivity contribution in [3.63, 3.8) is 0 Å². The number of alkyl halides is 1. The van der Waals surface area contributed by atoms with E-state index in [0.717, 1.165) is 3.58 Å². The SMILES string of the molecule is OC(Br)C(I)=CI. The van der Waals surface area contributed by atoms with Crippen LogP contribution in [0.4, 0.5) is 0 Å². The van der Waals surface area contributed by atoms with Crippen molar-refractivity contribution in [3.8, 4) is 0 Å². The molecule has 0 aromatic carbocycles. The second-order valence-corrected chi connectivity index (χ2v) is 3.57. The normalized spacial score (nSPS) is 16.9. The van der Waals surface area contributed by atoms with Crippen molar-refractivity contribution in [3.05, 3.63) is 7.66 Å². The van der Waals surface area contributed by atoms with Gasteiger partial charge in [0.05, 0.1) is 0 Å². The van der Waals surface area contributed by atoms with E-state index in [-0.39, 0.29) is 0 Å². The summed E-state index contributed by atoms with van der Waals surface area (Å²) in [5.41, 5.74) is 0. The first-order chi connectivity index (χ1) is 3.18. The predicted molar refractivity (Wildman–Crippen MR) is 51.1 cm³/mol. The minimum Gasteiger partial charge on any atom is -0.377 e. The average Bonchev–Trinajstić information content (AvgIpc) is 1.65. The Morgan fingerprint density at radius 1 is 1.86 bits per heavy atom. The predicted octanol–water partition coefficient (Wildman–Crippen LogP) is 2.41. The van der Waals surface area contributed by atoms with Gasteiger partial charge in [-0.25, -0.2) is 0 Å². The Labute approximate surface area is 78.0 Å². The molecule has 0 fully saturated rings. The zero-order valence-corrected chi connectivity index (χ0v) is 9.14. The van der Waals surface area contributed by atoms with Gasteiger partial charge in [0.25, 0.3) is 0 Å². The molecule has 0 saturated heterocycles. The van der Waals surface area contributed by atoms with E-state index in [4.69, 9.17) is 5.11 Å². The molecule has 0 aliphatic carbocycles. The third-order valence-electron chi connectivity index (χ3n) is 0.332. The van der Waals surface area contributed by atoms with Crippen LogP contribution in [0.25, 0.3) is 0 Å². The number of aliphatic hydroxyl groups excluding tert-OH is 1. The molecule has 0 bridgehead atoms. The van der Waals surface area contributed by atoms with Gasteiger partial charge in [-0.2, -0.15) is 0 Å². The van der Waals surface area contributed by atoms with Gasteiger partial charge in [-0.15, -0.1) is 0 Å². The molecule has 1 nitrogen and oxygen atoms in total. The van der Waals surface area contributed by atoms with Gasteiger partial charge in [-0.3, -0.25) is 0 Å². The molecule has 1 N–H and O–H groups in total. The Bertz CT molecular complexity index is 81.0. The summed E-state index contributed by atoms with van der Waals surface area (Å²) in [7, 11) is 0. The first-order valence-electron chi connectivity index (χ1n) is 1.46. The fourth-order valence-corrected chi connectivity index (χ4v) is 1.02. The molecule has 7 heavy (non-hydrogen) atoms. The zero-order chi connectivity index (χ0) is 5.86. The summed E-state index contributed by atoms with van der Waals surface area (Å²) in [6, 6.07) is 0. The molecule has 0 heterocycles. The standard InChI is InChI=1S/C3H3BrI2O/c4-3(7)2(6)1-5/h1,3,7H. The minimum absolute atomic E-state index is 0.481. The van der Waals surface area contributed by atoms with Gasteiger partial charge in [0.2, 0.25) is 0 Å². The molecule has 0 amide bonds. The third kappa shape index (κ3) is 4.16. The van der Waals surface area contributed by atoms with Crippen LogP contribution >= 0.6 is 61.1 Å². The van der Waals surface area contributed by atoms with E-state index in [1.54, 1.807) is 0 Å². The van der Waals surface area contributed by atoms with Gasteiger partial charge < -0.3 is 5.11 Å². The van der Waals surface area contributed by atoms with Gasteiger partial charge in [-0.05, 0) is 26.7 Å². The molecule has 0 aromatic heterocycles. The van der Waals surface area contributed by atoms with E-state index in [9.17, 15) is 0 Å². The lowest BCUT2D eigenvalue weighted by atomic mass is 10.7. The van der Waals surface area contributed by atoms with Gasteiger partial charge >= 0.3 is 0 Å². The Morgan fingerprint density at radius 2 is 2.29 bits per heavy atom. The molecule has 0 aliphatic rings. The third-order valence-corrected chi connectivity index (χ3v) is 4.45. The lowest BCUT2D eigenvalue weighted by Gasteiger charge is -1.94. The fraction of sp³-hybridized carbons (Fsp3) is 0.333. The van der Waals surface area contributed by atoms with Crippen LogP contribution in [-0.2, 0) is 0 Å². The summed E-state index contributed by atoms with van der Waals surface area (Å²) < 4.78 is 2.72. The summed E-state index contributed by atoms with van der Waals surface area (Å²) in [6.07, 6.45) is 0. The second kappa shape index (κ2) is 4.51. The largest absolute Gasteiger partial charge is 0.377 e. The van der Waals surface area contributed by atoms with Crippen LogP contribution in [0.5, 0.6) is 0 Å². The van der Waals surface area contributed by atoms with E-state index in [1.807, 2.05) is 4.08 Å². The van der Waals surface area contributed by atoms with E-state index in [1.165, 1.54) is 0 Å². The van der Waals surface area contributed by atoms with E-state index in [2.05, 4.69) is 61.1 Å². The van der Waals surface area contributed by atoms with Crippen LogP contribution in [-0.4, -0.2) is 10.1 Å². The lowest BCUT2D eigenvalue weighted by Crippen LogP contribution is -1.90. The van der Waals surface area contributed by atoms with Gasteiger partial charge in [0.1, 0.15) is 5.01 Å². The number of rotatable bonds is 1.